The van der Waals surface area contributed by atoms with Gasteiger partial charge in [-0.15, -0.1) is 0 Å². The van der Waals surface area contributed by atoms with Crippen molar-refractivity contribution in [3.8, 4) is 5.75 Å². The lowest BCUT2D eigenvalue weighted by Gasteiger charge is -2.26. The van der Waals surface area contributed by atoms with Crippen molar-refractivity contribution in [2.45, 2.75) is 12.3 Å². The molecule has 5 heteroatoms. The van der Waals surface area contributed by atoms with Crippen molar-refractivity contribution < 1.29 is 13.9 Å². The van der Waals surface area contributed by atoms with Gasteiger partial charge in [-0.1, -0.05) is 30.3 Å². The number of carbonyl (C=O) groups excluding carboxylic acids is 1. The molecule has 2 heterocycles. The summed E-state index contributed by atoms with van der Waals surface area (Å²) in [4.78, 5) is 25.0. The van der Waals surface area contributed by atoms with Crippen LogP contribution in [0.5, 0.6) is 5.75 Å². The van der Waals surface area contributed by atoms with E-state index in [2.05, 4.69) is 0 Å². The van der Waals surface area contributed by atoms with Crippen LogP contribution in [-0.2, 0) is 11.8 Å². The second-order valence-electron chi connectivity index (χ2n) is 5.88. The molecule has 0 amide bonds. The normalized spacial score (nSPS) is 16.8. The molecule has 120 valence electrons. The number of ether oxygens (including phenoxy) is 1. The van der Waals surface area contributed by atoms with Crippen LogP contribution in [0.25, 0.3) is 10.9 Å². The number of benzene rings is 2. The first kappa shape index (κ1) is 14.6. The Bertz CT molecular complexity index is 1040. The summed E-state index contributed by atoms with van der Waals surface area (Å²) >= 11 is 0. The van der Waals surface area contributed by atoms with Crippen molar-refractivity contribution in [3.05, 3.63) is 75.8 Å². The Labute approximate surface area is 137 Å². The summed E-state index contributed by atoms with van der Waals surface area (Å²) in [6, 6.07) is 13.4. The second kappa shape index (κ2) is 5.30. The van der Waals surface area contributed by atoms with Gasteiger partial charge in [-0.05, 0) is 23.8 Å². The summed E-state index contributed by atoms with van der Waals surface area (Å²) in [5, 5.41) is 0.670. The number of esters is 1. The molecule has 1 aromatic heterocycles. The standard InChI is InChI=1S/C19H14FNO3/c1-21-15-9-5-3-7-12(15)18-17(19(21)23)13(10-16(22)24-18)11-6-2-4-8-14(11)20/h2-9,13H,10H2,1H3/t13-/m1/s1. The molecule has 0 bridgehead atoms. The van der Waals surface area contributed by atoms with E-state index in [4.69, 9.17) is 4.74 Å². The lowest BCUT2D eigenvalue weighted by Crippen LogP contribution is -2.31. The molecule has 1 atom stereocenters. The quantitative estimate of drug-likeness (QED) is 0.647. The van der Waals surface area contributed by atoms with Gasteiger partial charge in [-0.25, -0.2) is 4.39 Å². The van der Waals surface area contributed by atoms with Crippen molar-refractivity contribution >= 4 is 16.9 Å². The van der Waals surface area contributed by atoms with Gasteiger partial charge in [0.2, 0.25) is 0 Å². The van der Waals surface area contributed by atoms with Gasteiger partial charge in [-0.3, -0.25) is 9.59 Å². The highest BCUT2D eigenvalue weighted by atomic mass is 19.1. The zero-order valence-corrected chi connectivity index (χ0v) is 13.0. The van der Waals surface area contributed by atoms with Crippen molar-refractivity contribution in [1.29, 1.82) is 0 Å². The lowest BCUT2D eigenvalue weighted by atomic mass is 9.86. The maximum absolute atomic E-state index is 14.3. The number of para-hydroxylation sites is 1. The SMILES string of the molecule is Cn1c(=O)c2c(c3ccccc31)OC(=O)C[C@@H]2c1ccccc1F. The Morgan fingerprint density at radius 3 is 2.58 bits per heavy atom. The molecule has 0 N–H and O–H groups in total. The van der Waals surface area contributed by atoms with Gasteiger partial charge in [0.15, 0.2) is 0 Å². The minimum Gasteiger partial charge on any atom is -0.425 e. The average Bonchev–Trinajstić information content (AvgIpc) is 2.59. The van der Waals surface area contributed by atoms with Crippen LogP contribution < -0.4 is 10.3 Å². The molecule has 3 aromatic rings. The van der Waals surface area contributed by atoms with Gasteiger partial charge >= 0.3 is 5.97 Å². The molecular formula is C19H14FNO3. The highest BCUT2D eigenvalue weighted by Gasteiger charge is 2.34. The average molecular weight is 323 g/mol. The molecule has 24 heavy (non-hydrogen) atoms. The van der Waals surface area contributed by atoms with Gasteiger partial charge in [0, 0.05) is 18.4 Å². The minimum atomic E-state index is -0.647. The van der Waals surface area contributed by atoms with Crippen molar-refractivity contribution in [1.82, 2.24) is 4.57 Å². The first-order valence-corrected chi connectivity index (χ1v) is 7.64. The molecule has 0 saturated heterocycles. The molecule has 0 fully saturated rings. The number of hydrogen-bond acceptors (Lipinski definition) is 3. The molecule has 4 nitrogen and oxygen atoms in total. The summed E-state index contributed by atoms with van der Waals surface area (Å²) in [5.41, 5.74) is 1.07. The molecule has 0 spiro atoms. The van der Waals surface area contributed by atoms with Crippen LogP contribution in [0.2, 0.25) is 0 Å². The van der Waals surface area contributed by atoms with Crippen molar-refractivity contribution in [3.63, 3.8) is 0 Å². The number of carbonyl (C=O) groups is 1. The zero-order chi connectivity index (χ0) is 16.8. The third-order valence-corrected chi connectivity index (χ3v) is 4.51. The van der Waals surface area contributed by atoms with E-state index in [1.54, 1.807) is 37.4 Å². The van der Waals surface area contributed by atoms with E-state index in [0.29, 0.717) is 22.0 Å². The molecule has 0 aliphatic carbocycles. The van der Waals surface area contributed by atoms with Gasteiger partial charge < -0.3 is 9.30 Å². The number of aryl methyl sites for hydroxylation is 1. The van der Waals surface area contributed by atoms with E-state index in [1.165, 1.54) is 10.6 Å². The highest BCUT2D eigenvalue weighted by molar-refractivity contribution is 5.91. The lowest BCUT2D eigenvalue weighted by molar-refractivity contribution is -0.135. The van der Waals surface area contributed by atoms with Crippen LogP contribution in [-0.4, -0.2) is 10.5 Å². The largest absolute Gasteiger partial charge is 0.425 e. The number of hydrogen-bond donors (Lipinski definition) is 0. The van der Waals surface area contributed by atoms with Crippen LogP contribution in [0.4, 0.5) is 4.39 Å². The highest BCUT2D eigenvalue weighted by Crippen LogP contribution is 2.40. The number of fused-ring (bicyclic) bond motifs is 3. The smallest absolute Gasteiger partial charge is 0.312 e. The Morgan fingerprint density at radius 2 is 1.79 bits per heavy atom. The molecule has 0 radical (unpaired) electrons. The number of aromatic nitrogens is 1. The fourth-order valence-electron chi connectivity index (χ4n) is 3.36. The zero-order valence-electron chi connectivity index (χ0n) is 13.0. The van der Waals surface area contributed by atoms with E-state index < -0.39 is 17.7 Å². The van der Waals surface area contributed by atoms with E-state index >= 15 is 0 Å². The summed E-state index contributed by atoms with van der Waals surface area (Å²) in [7, 11) is 1.67. The van der Waals surface area contributed by atoms with Gasteiger partial charge in [0.25, 0.3) is 5.56 Å². The Hall–Kier alpha value is -2.95. The number of nitrogens with zero attached hydrogens (tertiary/aromatic N) is 1. The van der Waals surface area contributed by atoms with Gasteiger partial charge in [0.05, 0.1) is 17.5 Å². The monoisotopic (exact) mass is 323 g/mol. The molecule has 4 rings (SSSR count). The number of halogens is 1. The van der Waals surface area contributed by atoms with E-state index in [9.17, 15) is 14.0 Å². The summed E-state index contributed by atoms with van der Waals surface area (Å²) < 4.78 is 21.2. The first-order chi connectivity index (χ1) is 11.6. The maximum atomic E-state index is 14.3. The molecule has 1 aliphatic heterocycles. The minimum absolute atomic E-state index is 0.0541. The van der Waals surface area contributed by atoms with Crippen LogP contribution in [0.3, 0.4) is 0 Å². The topological polar surface area (TPSA) is 48.3 Å². The molecular weight excluding hydrogens is 309 g/mol. The van der Waals surface area contributed by atoms with Gasteiger partial charge in [-0.2, -0.15) is 0 Å². The number of pyridine rings is 1. The van der Waals surface area contributed by atoms with Crippen LogP contribution in [0.15, 0.2) is 53.3 Å². The summed E-state index contributed by atoms with van der Waals surface area (Å²) in [6.07, 6.45) is -0.0541. The van der Waals surface area contributed by atoms with E-state index in [0.717, 1.165) is 0 Å². The van der Waals surface area contributed by atoms with Crippen molar-refractivity contribution in [2.75, 3.05) is 0 Å². The predicted octanol–water partition coefficient (Wildman–Crippen LogP) is 3.12. The summed E-state index contributed by atoms with van der Waals surface area (Å²) in [6.45, 7) is 0. The molecule has 1 aliphatic rings. The van der Waals surface area contributed by atoms with Crippen LogP contribution >= 0.6 is 0 Å². The van der Waals surface area contributed by atoms with Crippen molar-refractivity contribution in [2.24, 2.45) is 7.05 Å². The van der Waals surface area contributed by atoms with E-state index in [1.807, 2.05) is 12.1 Å². The number of rotatable bonds is 1. The van der Waals surface area contributed by atoms with Crippen LogP contribution in [0, 0.1) is 5.82 Å². The molecule has 0 saturated carbocycles. The fourth-order valence-corrected chi connectivity index (χ4v) is 3.36. The molecule has 2 aromatic carbocycles. The maximum Gasteiger partial charge on any atom is 0.312 e. The van der Waals surface area contributed by atoms with E-state index in [-0.39, 0.29) is 17.7 Å². The third kappa shape index (κ3) is 2.05. The summed E-state index contributed by atoms with van der Waals surface area (Å²) in [5.74, 6) is -1.29. The second-order valence-corrected chi connectivity index (χ2v) is 5.88. The Balaban J connectivity index is 2.09. The third-order valence-electron chi connectivity index (χ3n) is 4.51. The Morgan fingerprint density at radius 1 is 1.08 bits per heavy atom. The van der Waals surface area contributed by atoms with Crippen LogP contribution in [0.1, 0.15) is 23.5 Å². The fraction of sp³-hybridized carbons (Fsp3) is 0.158. The molecule has 0 unspecified atom stereocenters. The Kier molecular flexibility index (Phi) is 3.23. The predicted molar refractivity (Wildman–Crippen MR) is 87.7 cm³/mol. The first-order valence-electron chi connectivity index (χ1n) is 7.64. The van der Waals surface area contributed by atoms with Gasteiger partial charge in [0.1, 0.15) is 11.6 Å².